The number of carbonyl (C=O) groups excluding carboxylic acids is 1. The fourth-order valence-corrected chi connectivity index (χ4v) is 1.94. The summed E-state index contributed by atoms with van der Waals surface area (Å²) >= 11 is 0. The zero-order chi connectivity index (χ0) is 13.4. The lowest BCUT2D eigenvalue weighted by Crippen LogP contribution is -2.48. The van der Waals surface area contributed by atoms with E-state index < -0.39 is 5.97 Å². The summed E-state index contributed by atoms with van der Waals surface area (Å²) in [5.41, 5.74) is 0. The minimum absolute atomic E-state index is 0.0196. The number of carboxylic acid groups (broad SMARTS) is 1. The number of nitrogens with one attached hydrogen (secondary N) is 2. The molecule has 1 aliphatic rings. The average molecular weight is 258 g/mol. The first-order valence-electron chi connectivity index (χ1n) is 6.44. The van der Waals surface area contributed by atoms with Crippen LogP contribution < -0.4 is 10.6 Å². The maximum absolute atomic E-state index is 11.6. The molecule has 6 nitrogen and oxygen atoms in total. The molecule has 1 aliphatic heterocycles. The summed E-state index contributed by atoms with van der Waals surface area (Å²) in [6, 6.07) is -0.132. The number of hydrogen-bond acceptors (Lipinski definition) is 3. The fraction of sp³-hybridized carbons (Fsp3) is 0.833. The van der Waals surface area contributed by atoms with Crippen LogP contribution in [-0.2, 0) is 9.53 Å². The van der Waals surface area contributed by atoms with E-state index in [0.717, 1.165) is 19.4 Å². The van der Waals surface area contributed by atoms with Crippen molar-refractivity contribution in [1.29, 1.82) is 0 Å². The maximum Gasteiger partial charge on any atom is 0.315 e. The number of carboxylic acids is 1. The lowest BCUT2D eigenvalue weighted by Gasteiger charge is -2.24. The Balaban J connectivity index is 2.12. The van der Waals surface area contributed by atoms with Gasteiger partial charge >= 0.3 is 12.0 Å². The molecule has 0 radical (unpaired) electrons. The third kappa shape index (κ3) is 6.44. The molecular weight excluding hydrogens is 236 g/mol. The zero-order valence-corrected chi connectivity index (χ0v) is 10.8. The highest BCUT2D eigenvalue weighted by atomic mass is 16.5. The molecule has 6 heteroatoms. The van der Waals surface area contributed by atoms with Gasteiger partial charge in [-0.2, -0.15) is 0 Å². The minimum Gasteiger partial charge on any atom is -0.481 e. The smallest absolute Gasteiger partial charge is 0.315 e. The van der Waals surface area contributed by atoms with Crippen LogP contribution in [0.25, 0.3) is 0 Å². The summed E-state index contributed by atoms with van der Waals surface area (Å²) in [7, 11) is 0. The van der Waals surface area contributed by atoms with E-state index in [-0.39, 0.29) is 24.5 Å². The Morgan fingerprint density at radius 1 is 1.50 bits per heavy atom. The van der Waals surface area contributed by atoms with Crippen LogP contribution >= 0.6 is 0 Å². The third-order valence-corrected chi connectivity index (χ3v) is 2.90. The second-order valence-corrected chi connectivity index (χ2v) is 4.72. The molecule has 0 bridgehead atoms. The number of hydrogen-bond donors (Lipinski definition) is 3. The van der Waals surface area contributed by atoms with Crippen molar-refractivity contribution in [2.45, 2.75) is 51.1 Å². The molecule has 1 fully saturated rings. The van der Waals surface area contributed by atoms with Crippen LogP contribution in [0.4, 0.5) is 4.79 Å². The van der Waals surface area contributed by atoms with Crippen LogP contribution in [-0.4, -0.2) is 42.4 Å². The lowest BCUT2D eigenvalue weighted by molar-refractivity contribution is -0.137. The number of carbonyl (C=O) groups is 2. The monoisotopic (exact) mass is 258 g/mol. The van der Waals surface area contributed by atoms with Crippen molar-refractivity contribution in [2.24, 2.45) is 0 Å². The fourth-order valence-electron chi connectivity index (χ4n) is 1.94. The van der Waals surface area contributed by atoms with Crippen LogP contribution in [0.3, 0.4) is 0 Å². The summed E-state index contributed by atoms with van der Waals surface area (Å²) in [4.78, 5) is 22.0. The summed E-state index contributed by atoms with van der Waals surface area (Å²) < 4.78 is 5.27. The molecule has 0 aromatic heterocycles. The molecule has 3 N–H and O–H groups in total. The van der Waals surface area contributed by atoms with Crippen molar-refractivity contribution >= 4 is 12.0 Å². The van der Waals surface area contributed by atoms with E-state index in [4.69, 9.17) is 9.84 Å². The predicted octanol–water partition coefficient (Wildman–Crippen LogP) is 1.11. The first-order valence-corrected chi connectivity index (χ1v) is 6.44. The van der Waals surface area contributed by atoms with Gasteiger partial charge in [0, 0.05) is 19.1 Å². The summed E-state index contributed by atoms with van der Waals surface area (Å²) in [5, 5.41) is 14.2. The third-order valence-electron chi connectivity index (χ3n) is 2.90. The van der Waals surface area contributed by atoms with Crippen molar-refractivity contribution in [1.82, 2.24) is 10.6 Å². The van der Waals surface area contributed by atoms with Gasteiger partial charge < -0.3 is 20.5 Å². The molecular formula is C12H22N2O4. The Morgan fingerprint density at radius 2 is 2.28 bits per heavy atom. The quantitative estimate of drug-likeness (QED) is 0.666. The Hall–Kier alpha value is -1.30. The van der Waals surface area contributed by atoms with Gasteiger partial charge in [0.05, 0.1) is 12.6 Å². The van der Waals surface area contributed by atoms with E-state index in [2.05, 4.69) is 10.6 Å². The van der Waals surface area contributed by atoms with Gasteiger partial charge in [-0.05, 0) is 32.6 Å². The number of rotatable bonds is 6. The van der Waals surface area contributed by atoms with Crippen molar-refractivity contribution in [2.75, 3.05) is 13.2 Å². The van der Waals surface area contributed by atoms with Crippen molar-refractivity contribution in [3.8, 4) is 0 Å². The second-order valence-electron chi connectivity index (χ2n) is 4.72. The topological polar surface area (TPSA) is 87.7 Å². The Labute approximate surface area is 107 Å². The molecule has 104 valence electrons. The average Bonchev–Trinajstić information content (AvgIpc) is 2.29. The molecule has 2 unspecified atom stereocenters. The summed E-state index contributed by atoms with van der Waals surface area (Å²) in [6.07, 6.45) is 3.30. The number of urea groups is 1. The van der Waals surface area contributed by atoms with E-state index in [1.807, 2.05) is 6.92 Å². The largest absolute Gasteiger partial charge is 0.481 e. The summed E-state index contributed by atoms with van der Waals surface area (Å²) in [6.45, 7) is 3.21. The van der Waals surface area contributed by atoms with Crippen LogP contribution in [0.15, 0.2) is 0 Å². The van der Waals surface area contributed by atoms with Gasteiger partial charge in [-0.15, -0.1) is 0 Å². The highest BCUT2D eigenvalue weighted by molar-refractivity contribution is 5.74. The molecule has 2 atom stereocenters. The highest BCUT2D eigenvalue weighted by Gasteiger charge is 2.16. The van der Waals surface area contributed by atoms with Crippen LogP contribution in [0, 0.1) is 0 Å². The Bertz CT molecular complexity index is 277. The molecule has 2 amide bonds. The van der Waals surface area contributed by atoms with E-state index in [0.29, 0.717) is 19.4 Å². The lowest BCUT2D eigenvalue weighted by atomic mass is 10.1. The van der Waals surface area contributed by atoms with Gasteiger partial charge in [-0.3, -0.25) is 4.79 Å². The molecule has 0 aromatic carbocycles. The van der Waals surface area contributed by atoms with Crippen LogP contribution in [0.2, 0.25) is 0 Å². The molecule has 0 aromatic rings. The second kappa shape index (κ2) is 7.92. The van der Waals surface area contributed by atoms with Crippen molar-refractivity contribution in [3.63, 3.8) is 0 Å². The van der Waals surface area contributed by atoms with Gasteiger partial charge in [0.25, 0.3) is 0 Å². The predicted molar refractivity (Wildman–Crippen MR) is 66.5 cm³/mol. The number of amides is 2. The van der Waals surface area contributed by atoms with E-state index in [9.17, 15) is 9.59 Å². The number of ether oxygens (including phenoxy) is 1. The van der Waals surface area contributed by atoms with Gasteiger partial charge in [0.15, 0.2) is 0 Å². The molecule has 1 rings (SSSR count). The SMILES string of the molecule is CC(CCCC(=O)O)NC(=O)NC1CCCOC1. The first kappa shape index (κ1) is 14.8. The van der Waals surface area contributed by atoms with Crippen molar-refractivity contribution in [3.05, 3.63) is 0 Å². The molecule has 1 heterocycles. The minimum atomic E-state index is -0.800. The van der Waals surface area contributed by atoms with E-state index in [1.165, 1.54) is 0 Å². The standard InChI is InChI=1S/C12H22N2O4/c1-9(4-2-6-11(15)16)13-12(17)14-10-5-3-7-18-8-10/h9-10H,2-8H2,1H3,(H,15,16)(H2,13,14,17). The van der Waals surface area contributed by atoms with Gasteiger partial charge in [-0.1, -0.05) is 0 Å². The maximum atomic E-state index is 11.6. The zero-order valence-electron chi connectivity index (χ0n) is 10.8. The summed E-state index contributed by atoms with van der Waals surface area (Å²) in [5.74, 6) is -0.800. The van der Waals surface area contributed by atoms with Crippen molar-refractivity contribution < 1.29 is 19.4 Å². The normalized spacial score (nSPS) is 21.1. The van der Waals surface area contributed by atoms with E-state index >= 15 is 0 Å². The highest BCUT2D eigenvalue weighted by Crippen LogP contribution is 2.06. The number of aliphatic carboxylic acids is 1. The first-order chi connectivity index (χ1) is 8.58. The van der Waals surface area contributed by atoms with Gasteiger partial charge in [0.2, 0.25) is 0 Å². The Kier molecular flexibility index (Phi) is 6.49. The van der Waals surface area contributed by atoms with Crippen LogP contribution in [0.1, 0.15) is 39.0 Å². The molecule has 1 saturated heterocycles. The van der Waals surface area contributed by atoms with E-state index in [1.54, 1.807) is 0 Å². The Morgan fingerprint density at radius 3 is 2.89 bits per heavy atom. The molecule has 0 spiro atoms. The van der Waals surface area contributed by atoms with Crippen LogP contribution in [0.5, 0.6) is 0 Å². The van der Waals surface area contributed by atoms with Gasteiger partial charge in [-0.25, -0.2) is 4.79 Å². The molecule has 0 saturated carbocycles. The van der Waals surface area contributed by atoms with Gasteiger partial charge in [0.1, 0.15) is 0 Å². The molecule has 0 aliphatic carbocycles. The molecule has 18 heavy (non-hydrogen) atoms.